The van der Waals surface area contributed by atoms with Crippen molar-refractivity contribution in [2.45, 2.75) is 72.8 Å². The van der Waals surface area contributed by atoms with Crippen LogP contribution in [0, 0.1) is 23.7 Å². The molecule has 0 radical (unpaired) electrons. The molecule has 0 aliphatic carbocycles. The van der Waals surface area contributed by atoms with Crippen molar-refractivity contribution in [2.75, 3.05) is 26.2 Å². The second-order valence-corrected chi connectivity index (χ2v) is 9.30. The fourth-order valence-corrected chi connectivity index (χ4v) is 4.56. The maximum atomic E-state index is 4.00. The molecule has 150 valence electrons. The molecule has 0 aromatic carbocycles. The summed E-state index contributed by atoms with van der Waals surface area (Å²) in [7, 11) is 0. The molecule has 1 aromatic heterocycles. The summed E-state index contributed by atoms with van der Waals surface area (Å²) in [5.41, 5.74) is 1.24. The summed E-state index contributed by atoms with van der Waals surface area (Å²) in [6.07, 6.45) is 10.2. The number of piperidine rings is 2. The van der Waals surface area contributed by atoms with Crippen LogP contribution >= 0.6 is 0 Å². The minimum atomic E-state index is 0.831. The lowest BCUT2D eigenvalue weighted by Crippen LogP contribution is -2.35. The summed E-state index contributed by atoms with van der Waals surface area (Å²) >= 11 is 0. The smallest absolute Gasteiger partial charge is 0.0492 e. The first-order valence-electron chi connectivity index (χ1n) is 10.9. The molecular weight excluding hydrogens is 320 g/mol. The highest BCUT2D eigenvalue weighted by molar-refractivity contribution is 4.97. The van der Waals surface area contributed by atoms with Gasteiger partial charge in [0.25, 0.3) is 0 Å². The lowest BCUT2D eigenvalue weighted by Gasteiger charge is -2.33. The number of likely N-dealkylation sites (tertiary alicyclic amines) is 1. The Kier molecular flexibility index (Phi) is 9.69. The number of rotatable bonds is 6. The molecule has 2 saturated heterocycles. The van der Waals surface area contributed by atoms with E-state index in [1.54, 1.807) is 0 Å². The SMILES string of the molecule is CC(C)CC1CCCN(Cc2ccn[nH]2)C1.CC(C)CC1CCCNC1. The van der Waals surface area contributed by atoms with Crippen molar-refractivity contribution in [2.24, 2.45) is 23.7 Å². The van der Waals surface area contributed by atoms with Gasteiger partial charge >= 0.3 is 0 Å². The number of aromatic amines is 1. The van der Waals surface area contributed by atoms with Crippen molar-refractivity contribution >= 4 is 0 Å². The molecule has 2 N–H and O–H groups in total. The van der Waals surface area contributed by atoms with Gasteiger partial charge in [0.1, 0.15) is 0 Å². The molecular formula is C22H42N4. The van der Waals surface area contributed by atoms with Gasteiger partial charge in [-0.25, -0.2) is 0 Å². The van der Waals surface area contributed by atoms with Gasteiger partial charge in [-0.2, -0.15) is 5.10 Å². The molecule has 0 spiro atoms. The van der Waals surface area contributed by atoms with E-state index in [9.17, 15) is 0 Å². The summed E-state index contributed by atoms with van der Waals surface area (Å²) in [6.45, 7) is 15.3. The first-order valence-corrected chi connectivity index (χ1v) is 10.9. The Morgan fingerprint density at radius 3 is 2.42 bits per heavy atom. The van der Waals surface area contributed by atoms with Crippen molar-refractivity contribution in [3.63, 3.8) is 0 Å². The molecule has 0 bridgehead atoms. The van der Waals surface area contributed by atoms with Crippen LogP contribution < -0.4 is 5.32 Å². The Balaban J connectivity index is 0.000000209. The van der Waals surface area contributed by atoms with E-state index in [1.807, 2.05) is 6.20 Å². The summed E-state index contributed by atoms with van der Waals surface area (Å²) in [4.78, 5) is 2.56. The Morgan fingerprint density at radius 1 is 1.08 bits per heavy atom. The van der Waals surface area contributed by atoms with Gasteiger partial charge in [0.2, 0.25) is 0 Å². The number of hydrogen-bond donors (Lipinski definition) is 2. The van der Waals surface area contributed by atoms with Gasteiger partial charge in [-0.3, -0.25) is 10.00 Å². The van der Waals surface area contributed by atoms with Crippen LogP contribution in [0.25, 0.3) is 0 Å². The van der Waals surface area contributed by atoms with E-state index in [1.165, 1.54) is 70.4 Å². The molecule has 4 heteroatoms. The van der Waals surface area contributed by atoms with E-state index in [-0.39, 0.29) is 0 Å². The molecule has 0 amide bonds. The van der Waals surface area contributed by atoms with Gasteiger partial charge in [0, 0.05) is 25.0 Å². The average Bonchev–Trinajstić information content (AvgIpc) is 3.08. The predicted octanol–water partition coefficient (Wildman–Crippen LogP) is 4.70. The average molecular weight is 363 g/mol. The van der Waals surface area contributed by atoms with Crippen molar-refractivity contribution in [3.05, 3.63) is 18.0 Å². The van der Waals surface area contributed by atoms with Gasteiger partial charge in [0.05, 0.1) is 0 Å². The summed E-state index contributed by atoms with van der Waals surface area (Å²) in [5.74, 6) is 3.58. The second-order valence-electron chi connectivity index (χ2n) is 9.30. The van der Waals surface area contributed by atoms with Gasteiger partial charge in [-0.15, -0.1) is 0 Å². The Hall–Kier alpha value is -0.870. The number of aromatic nitrogens is 2. The van der Waals surface area contributed by atoms with Gasteiger partial charge in [0.15, 0.2) is 0 Å². The van der Waals surface area contributed by atoms with Crippen molar-refractivity contribution < 1.29 is 0 Å². The van der Waals surface area contributed by atoms with Crippen LogP contribution in [-0.2, 0) is 6.54 Å². The maximum absolute atomic E-state index is 4.00. The van der Waals surface area contributed by atoms with Crippen LogP contribution in [0.4, 0.5) is 0 Å². The Morgan fingerprint density at radius 2 is 1.81 bits per heavy atom. The highest BCUT2D eigenvalue weighted by Gasteiger charge is 2.20. The summed E-state index contributed by atoms with van der Waals surface area (Å²) < 4.78 is 0. The van der Waals surface area contributed by atoms with E-state index in [0.717, 1.165) is 30.2 Å². The van der Waals surface area contributed by atoms with E-state index >= 15 is 0 Å². The first kappa shape index (κ1) is 21.4. The van der Waals surface area contributed by atoms with Gasteiger partial charge in [-0.1, -0.05) is 27.7 Å². The third-order valence-corrected chi connectivity index (χ3v) is 5.56. The normalized spacial score (nSPS) is 24.5. The lowest BCUT2D eigenvalue weighted by molar-refractivity contribution is 0.151. The molecule has 1 aromatic rings. The van der Waals surface area contributed by atoms with E-state index in [0.29, 0.717) is 0 Å². The van der Waals surface area contributed by atoms with Crippen LogP contribution in [0.5, 0.6) is 0 Å². The fourth-order valence-electron chi connectivity index (χ4n) is 4.56. The highest BCUT2D eigenvalue weighted by Crippen LogP contribution is 2.23. The maximum Gasteiger partial charge on any atom is 0.0492 e. The van der Waals surface area contributed by atoms with Crippen molar-refractivity contribution in [1.82, 2.24) is 20.4 Å². The Bertz CT molecular complexity index is 449. The number of nitrogens with one attached hydrogen (secondary N) is 2. The zero-order valence-corrected chi connectivity index (χ0v) is 17.6. The number of hydrogen-bond acceptors (Lipinski definition) is 3. The molecule has 3 heterocycles. The van der Waals surface area contributed by atoms with Gasteiger partial charge in [-0.05, 0) is 87.9 Å². The zero-order valence-electron chi connectivity index (χ0n) is 17.6. The van der Waals surface area contributed by atoms with Crippen molar-refractivity contribution in [3.8, 4) is 0 Å². The minimum Gasteiger partial charge on any atom is -0.316 e. The topological polar surface area (TPSA) is 44.0 Å². The summed E-state index contributed by atoms with van der Waals surface area (Å²) in [6, 6.07) is 2.08. The molecule has 2 aliphatic heterocycles. The molecule has 3 rings (SSSR count). The van der Waals surface area contributed by atoms with E-state index in [4.69, 9.17) is 0 Å². The van der Waals surface area contributed by atoms with Crippen molar-refractivity contribution in [1.29, 1.82) is 0 Å². The molecule has 2 unspecified atom stereocenters. The highest BCUT2D eigenvalue weighted by atomic mass is 15.2. The van der Waals surface area contributed by atoms with Crippen LogP contribution in [0.2, 0.25) is 0 Å². The zero-order chi connectivity index (χ0) is 18.8. The molecule has 2 aliphatic rings. The number of nitrogens with zero attached hydrogens (tertiary/aromatic N) is 2. The quantitative estimate of drug-likeness (QED) is 0.771. The monoisotopic (exact) mass is 362 g/mol. The van der Waals surface area contributed by atoms with Crippen LogP contribution in [-0.4, -0.2) is 41.3 Å². The lowest BCUT2D eigenvalue weighted by atomic mass is 9.90. The molecule has 2 atom stereocenters. The molecule has 0 saturated carbocycles. The molecule has 2 fully saturated rings. The van der Waals surface area contributed by atoms with Crippen LogP contribution in [0.3, 0.4) is 0 Å². The predicted molar refractivity (Wildman–Crippen MR) is 111 cm³/mol. The van der Waals surface area contributed by atoms with E-state index in [2.05, 4.69) is 54.2 Å². The Labute approximate surface area is 161 Å². The molecule has 4 nitrogen and oxygen atoms in total. The third-order valence-electron chi connectivity index (χ3n) is 5.56. The fraction of sp³-hybridized carbons (Fsp3) is 0.864. The van der Waals surface area contributed by atoms with Crippen LogP contribution in [0.15, 0.2) is 12.3 Å². The first-order chi connectivity index (χ1) is 12.5. The van der Waals surface area contributed by atoms with Crippen LogP contribution in [0.1, 0.15) is 71.9 Å². The second kappa shape index (κ2) is 11.8. The molecule has 26 heavy (non-hydrogen) atoms. The number of H-pyrrole nitrogens is 1. The summed E-state index contributed by atoms with van der Waals surface area (Å²) in [5, 5.41) is 10.5. The minimum absolute atomic E-state index is 0.831. The van der Waals surface area contributed by atoms with E-state index < -0.39 is 0 Å². The largest absolute Gasteiger partial charge is 0.316 e. The third kappa shape index (κ3) is 8.68. The van der Waals surface area contributed by atoms with Gasteiger partial charge < -0.3 is 5.32 Å². The standard InChI is InChI=1S/C13H23N3.C9H19N/c1-11(2)8-12-4-3-7-16(9-12)10-13-5-6-14-15-13;1-8(2)6-9-4-3-5-10-7-9/h5-6,11-12H,3-4,7-10H2,1-2H3,(H,14,15);8-10H,3-7H2,1-2H3.